The molecule has 2 heterocycles. The topological polar surface area (TPSA) is 129 Å². The number of hydrogen-bond donors (Lipinski definition) is 2. The first-order valence-electron chi connectivity index (χ1n) is 28.5. The van der Waals surface area contributed by atoms with Gasteiger partial charge in [-0.15, -0.1) is 18.3 Å². The second-order valence-electron chi connectivity index (χ2n) is 21.0. The minimum absolute atomic E-state index is 0.0480. The largest absolute Gasteiger partial charge is 0.459 e. The molecule has 8 rings (SSSR count). The van der Waals surface area contributed by atoms with Gasteiger partial charge in [0.1, 0.15) is 23.3 Å². The van der Waals surface area contributed by atoms with Gasteiger partial charge in [0, 0.05) is 42.4 Å². The quantitative estimate of drug-likeness (QED) is 0.0225. The van der Waals surface area contributed by atoms with E-state index in [1.54, 1.807) is 17.8 Å². The highest BCUT2D eigenvalue weighted by Gasteiger charge is 2.66. The zero-order valence-corrected chi connectivity index (χ0v) is 45.7. The Labute approximate surface area is 451 Å². The van der Waals surface area contributed by atoms with Crippen LogP contribution < -0.4 is 9.47 Å². The molecular weight excluding hydrogens is 961 g/mol. The van der Waals surface area contributed by atoms with Crippen molar-refractivity contribution in [2.75, 3.05) is 39.3 Å². The zero-order valence-electron chi connectivity index (χ0n) is 44.8. The lowest BCUT2D eigenvalue weighted by Gasteiger charge is -2.60. The highest BCUT2D eigenvalue weighted by molar-refractivity contribution is 7.98. The third-order valence-corrected chi connectivity index (χ3v) is 16.7. The van der Waals surface area contributed by atoms with Crippen molar-refractivity contribution in [3.05, 3.63) is 120 Å². The molecule has 2 N–H and O–H groups in total. The van der Waals surface area contributed by atoms with Crippen molar-refractivity contribution >= 4 is 34.3 Å². The van der Waals surface area contributed by atoms with E-state index in [1.165, 1.54) is 44.9 Å². The van der Waals surface area contributed by atoms with E-state index in [-0.39, 0.29) is 50.5 Å². The SMILES string of the molecule is C=CCOC12Oc3ccc(Oc4ccc(SC)cc4)cc3C3C(CCCCO)C(CCCCO)C=C(C(=NOC4CCCCO4)CC1N(Cc1cccc4ccccc14)C(=O)OCCCCCCCCCCCC)C32. The van der Waals surface area contributed by atoms with Crippen LogP contribution in [0.2, 0.25) is 0 Å². The van der Waals surface area contributed by atoms with E-state index in [0.717, 1.165) is 108 Å². The number of carbonyl (C=O) groups excluding carboxylic acids is 1. The highest BCUT2D eigenvalue weighted by Crippen LogP contribution is 2.62. The first-order valence-corrected chi connectivity index (χ1v) is 29.7. The molecule has 1 saturated carbocycles. The van der Waals surface area contributed by atoms with Crippen LogP contribution in [0.5, 0.6) is 17.2 Å². The molecule has 11 nitrogen and oxygen atoms in total. The molecule has 2 aliphatic carbocycles. The molecular formula is C63H84N2O9S. The van der Waals surface area contributed by atoms with E-state index in [2.05, 4.69) is 74.4 Å². The van der Waals surface area contributed by atoms with E-state index in [1.807, 2.05) is 41.3 Å². The number of aliphatic hydroxyl groups excluding tert-OH is 2. The van der Waals surface area contributed by atoms with Gasteiger partial charge in [-0.2, -0.15) is 0 Å². The molecule has 4 aromatic carbocycles. The summed E-state index contributed by atoms with van der Waals surface area (Å²) in [6, 6.07) is 28.0. The van der Waals surface area contributed by atoms with Gasteiger partial charge in [0.15, 0.2) is 0 Å². The van der Waals surface area contributed by atoms with Crippen molar-refractivity contribution in [3.63, 3.8) is 0 Å². The molecule has 406 valence electrons. The normalized spacial score (nSPS) is 23.4. The molecule has 12 heteroatoms. The molecule has 2 fully saturated rings. The predicted molar refractivity (Wildman–Crippen MR) is 301 cm³/mol. The third-order valence-electron chi connectivity index (χ3n) is 15.9. The Morgan fingerprint density at radius 1 is 0.853 bits per heavy atom. The first-order chi connectivity index (χ1) is 36.9. The summed E-state index contributed by atoms with van der Waals surface area (Å²) in [5, 5.41) is 27.5. The fraction of sp³-hybridized carbons (Fsp3) is 0.556. The van der Waals surface area contributed by atoms with Gasteiger partial charge in [0.25, 0.3) is 0 Å². The fourth-order valence-corrected chi connectivity index (χ4v) is 12.6. The number of benzene rings is 4. The molecule has 4 aliphatic rings. The molecule has 75 heavy (non-hydrogen) atoms. The number of amides is 1. The minimum atomic E-state index is -1.46. The second kappa shape index (κ2) is 29.0. The van der Waals surface area contributed by atoms with Crippen LogP contribution in [0.25, 0.3) is 10.8 Å². The van der Waals surface area contributed by atoms with Crippen LogP contribution in [0.1, 0.15) is 152 Å². The molecule has 0 radical (unpaired) electrons. The van der Waals surface area contributed by atoms with Crippen molar-refractivity contribution in [3.8, 4) is 17.2 Å². The maximum Gasteiger partial charge on any atom is 0.410 e. The molecule has 4 aromatic rings. The summed E-state index contributed by atoms with van der Waals surface area (Å²) in [5.41, 5.74) is 3.66. The molecule has 1 saturated heterocycles. The van der Waals surface area contributed by atoms with Crippen molar-refractivity contribution in [2.45, 2.75) is 171 Å². The molecule has 0 bridgehead atoms. The van der Waals surface area contributed by atoms with Crippen LogP contribution in [-0.4, -0.2) is 84.3 Å². The lowest BCUT2D eigenvalue weighted by molar-refractivity contribution is -0.256. The summed E-state index contributed by atoms with van der Waals surface area (Å²) in [5.74, 6) is 0.0215. The van der Waals surface area contributed by atoms with Crippen LogP contribution in [0.15, 0.2) is 119 Å². The number of aliphatic hydroxyl groups is 2. The first kappa shape index (κ1) is 56.4. The number of rotatable bonds is 30. The molecule has 2 aliphatic heterocycles. The summed E-state index contributed by atoms with van der Waals surface area (Å²) in [4.78, 5) is 24.9. The predicted octanol–water partition coefficient (Wildman–Crippen LogP) is 15.1. The molecule has 1 amide bonds. The summed E-state index contributed by atoms with van der Waals surface area (Å²) in [7, 11) is 0. The standard InChI is InChI=1S/C63H84N2O9S/c1-4-6-7-8-9-10-11-12-13-21-41-70-62(68)65(45-48-27-23-26-46-24-14-15-28-52(46)48)58-44-56(64-74-59-30-18-22-40-69-59)54-42-47(25-16-19-37-66)53(29-17-20-38-67)60-55-43-50(72-49-31-34-51(75-3)35-32-49)33-36-57(55)73-63(58,61(54)60)71-39-5-2/h5,14-15,23-24,26-28,31-36,42-43,47,53,58-61,66-67H,2,4,6-13,16-22,25,29-30,37-41,44-45H2,1,3H3. The van der Waals surface area contributed by atoms with Gasteiger partial charge in [0.05, 0.1) is 38.0 Å². The Kier molecular flexibility index (Phi) is 21.8. The van der Waals surface area contributed by atoms with E-state index in [4.69, 9.17) is 33.7 Å². The Hall–Kier alpha value is -4.85. The number of carbonyl (C=O) groups is 1. The fourth-order valence-electron chi connectivity index (χ4n) is 12.2. The lowest BCUT2D eigenvalue weighted by atomic mass is 9.55. The van der Waals surface area contributed by atoms with E-state index in [9.17, 15) is 10.2 Å². The van der Waals surface area contributed by atoms with Gasteiger partial charge < -0.3 is 38.7 Å². The van der Waals surface area contributed by atoms with E-state index in [0.29, 0.717) is 37.6 Å². The Bertz CT molecular complexity index is 2470. The van der Waals surface area contributed by atoms with Crippen molar-refractivity contribution in [1.82, 2.24) is 4.90 Å². The van der Waals surface area contributed by atoms with Gasteiger partial charge in [-0.05, 0) is 127 Å². The van der Waals surface area contributed by atoms with Gasteiger partial charge >= 0.3 is 6.09 Å². The summed E-state index contributed by atoms with van der Waals surface area (Å²) in [6.07, 6.45) is 24.6. The van der Waals surface area contributed by atoms with Crippen molar-refractivity contribution < 1.29 is 43.5 Å². The average Bonchev–Trinajstić information content (AvgIpc) is 3.47. The van der Waals surface area contributed by atoms with Gasteiger partial charge in [-0.3, -0.25) is 4.90 Å². The Morgan fingerprint density at radius 2 is 1.59 bits per heavy atom. The Morgan fingerprint density at radius 3 is 2.32 bits per heavy atom. The number of nitrogens with zero attached hydrogens (tertiary/aromatic N) is 2. The highest BCUT2D eigenvalue weighted by atomic mass is 32.2. The number of thioether (sulfide) groups is 1. The van der Waals surface area contributed by atoms with Crippen LogP contribution in [0.4, 0.5) is 4.79 Å². The molecule has 7 atom stereocenters. The smallest absolute Gasteiger partial charge is 0.410 e. The zero-order chi connectivity index (χ0) is 52.2. The number of unbranched alkanes of at least 4 members (excludes halogenated alkanes) is 11. The van der Waals surface area contributed by atoms with Gasteiger partial charge in [-0.1, -0.05) is 137 Å². The monoisotopic (exact) mass is 1040 g/mol. The number of allylic oxidation sites excluding steroid dienone is 1. The number of fused-ring (bicyclic) bond motifs is 3. The van der Waals surface area contributed by atoms with Crippen LogP contribution in [0, 0.1) is 17.8 Å². The Balaban J connectivity index is 1.25. The van der Waals surface area contributed by atoms with E-state index < -0.39 is 30.1 Å². The second-order valence-corrected chi connectivity index (χ2v) is 21.9. The van der Waals surface area contributed by atoms with Crippen LogP contribution >= 0.6 is 11.8 Å². The lowest BCUT2D eigenvalue weighted by Crippen LogP contribution is -2.70. The molecule has 0 aromatic heterocycles. The number of hydrogen-bond acceptors (Lipinski definition) is 11. The molecule has 7 unspecified atom stereocenters. The maximum absolute atomic E-state index is 15.4. The number of oxime groups is 1. The minimum Gasteiger partial charge on any atom is -0.459 e. The van der Waals surface area contributed by atoms with Gasteiger partial charge in [0.2, 0.25) is 12.1 Å². The number of ether oxygens (including phenoxy) is 5. The summed E-state index contributed by atoms with van der Waals surface area (Å²) in [6.45, 7) is 7.90. The van der Waals surface area contributed by atoms with Crippen LogP contribution in [-0.2, 0) is 25.6 Å². The summed E-state index contributed by atoms with van der Waals surface area (Å²) < 4.78 is 34.1. The summed E-state index contributed by atoms with van der Waals surface area (Å²) >= 11 is 1.69. The van der Waals surface area contributed by atoms with Crippen molar-refractivity contribution in [1.29, 1.82) is 0 Å². The van der Waals surface area contributed by atoms with Crippen LogP contribution in [0.3, 0.4) is 0 Å². The average molecular weight is 1050 g/mol. The van der Waals surface area contributed by atoms with Gasteiger partial charge in [-0.25, -0.2) is 4.79 Å². The third kappa shape index (κ3) is 14.4. The van der Waals surface area contributed by atoms with E-state index >= 15 is 4.79 Å². The van der Waals surface area contributed by atoms with Crippen molar-refractivity contribution in [2.24, 2.45) is 22.9 Å². The maximum atomic E-state index is 15.4. The molecule has 0 spiro atoms.